The summed E-state index contributed by atoms with van der Waals surface area (Å²) in [6.07, 6.45) is 1.22. The summed E-state index contributed by atoms with van der Waals surface area (Å²) in [5, 5.41) is 6.28. The molecule has 0 aliphatic carbocycles. The summed E-state index contributed by atoms with van der Waals surface area (Å²) in [5.74, 6) is 1.52. The highest BCUT2D eigenvalue weighted by Crippen LogP contribution is 2.29. The Bertz CT molecular complexity index is 721. The fourth-order valence-electron chi connectivity index (χ4n) is 3.12. The molecule has 22 heavy (non-hydrogen) atoms. The SMILES string of the molecule is c1ccc([C@@H]2CCN(Cc3cc(-c4cccs4)on3)C2)cc1. The van der Waals surface area contributed by atoms with E-state index in [9.17, 15) is 0 Å². The molecule has 2 aromatic heterocycles. The number of hydrogen-bond acceptors (Lipinski definition) is 4. The summed E-state index contributed by atoms with van der Waals surface area (Å²) in [7, 11) is 0. The minimum absolute atomic E-state index is 0.643. The van der Waals surface area contributed by atoms with Gasteiger partial charge in [-0.2, -0.15) is 0 Å². The Morgan fingerprint density at radius 3 is 2.91 bits per heavy atom. The van der Waals surface area contributed by atoms with Crippen LogP contribution in [0.15, 0.2) is 58.4 Å². The molecule has 1 atom stereocenters. The standard InChI is InChI=1S/C18H18N2OS/c1-2-5-14(6-3-1)15-8-9-20(12-15)13-16-11-17(21-19-16)18-7-4-10-22-18/h1-7,10-11,15H,8-9,12-13H2/t15-/m1/s1. The van der Waals surface area contributed by atoms with E-state index in [2.05, 4.69) is 57.9 Å². The normalized spacial score (nSPS) is 18.8. The average molecular weight is 310 g/mol. The summed E-state index contributed by atoms with van der Waals surface area (Å²) in [5.41, 5.74) is 2.47. The molecular weight excluding hydrogens is 292 g/mol. The van der Waals surface area contributed by atoms with Crippen molar-refractivity contribution < 1.29 is 4.52 Å². The minimum atomic E-state index is 0.643. The van der Waals surface area contributed by atoms with Gasteiger partial charge in [-0.3, -0.25) is 4.90 Å². The number of hydrogen-bond donors (Lipinski definition) is 0. The van der Waals surface area contributed by atoms with Gasteiger partial charge in [0.2, 0.25) is 0 Å². The van der Waals surface area contributed by atoms with E-state index in [1.54, 1.807) is 11.3 Å². The summed E-state index contributed by atoms with van der Waals surface area (Å²) in [6, 6.07) is 17.0. The zero-order valence-electron chi connectivity index (χ0n) is 12.3. The molecule has 1 saturated heterocycles. The fraction of sp³-hybridized carbons (Fsp3) is 0.278. The highest BCUT2D eigenvalue weighted by molar-refractivity contribution is 7.13. The fourth-order valence-corrected chi connectivity index (χ4v) is 3.80. The first-order valence-corrected chi connectivity index (χ1v) is 8.53. The van der Waals surface area contributed by atoms with Crippen LogP contribution in [-0.4, -0.2) is 23.1 Å². The molecule has 4 heteroatoms. The molecule has 0 N–H and O–H groups in total. The quantitative estimate of drug-likeness (QED) is 0.715. The van der Waals surface area contributed by atoms with E-state index >= 15 is 0 Å². The molecule has 1 fully saturated rings. The third kappa shape index (κ3) is 2.85. The molecule has 1 aromatic carbocycles. The molecule has 3 heterocycles. The lowest BCUT2D eigenvalue weighted by Gasteiger charge is -2.14. The van der Waals surface area contributed by atoms with Crippen molar-refractivity contribution in [2.45, 2.75) is 18.9 Å². The number of rotatable bonds is 4. The van der Waals surface area contributed by atoms with Crippen LogP contribution in [0.2, 0.25) is 0 Å². The summed E-state index contributed by atoms with van der Waals surface area (Å²) in [6.45, 7) is 3.10. The van der Waals surface area contributed by atoms with Crippen molar-refractivity contribution in [1.29, 1.82) is 0 Å². The number of thiophene rings is 1. The number of benzene rings is 1. The number of aromatic nitrogens is 1. The predicted molar refractivity (Wildman–Crippen MR) is 88.9 cm³/mol. The van der Waals surface area contributed by atoms with Crippen molar-refractivity contribution >= 4 is 11.3 Å². The molecule has 3 aromatic rings. The molecule has 0 amide bonds. The molecular formula is C18H18N2OS. The third-order valence-corrected chi connectivity index (χ3v) is 5.14. The zero-order valence-corrected chi connectivity index (χ0v) is 13.1. The van der Waals surface area contributed by atoms with Gasteiger partial charge in [-0.15, -0.1) is 11.3 Å². The number of likely N-dealkylation sites (tertiary alicyclic amines) is 1. The molecule has 1 aliphatic heterocycles. The lowest BCUT2D eigenvalue weighted by Crippen LogP contribution is -2.19. The van der Waals surface area contributed by atoms with Gasteiger partial charge in [-0.25, -0.2) is 0 Å². The van der Waals surface area contributed by atoms with E-state index in [1.165, 1.54) is 12.0 Å². The maximum absolute atomic E-state index is 5.46. The third-order valence-electron chi connectivity index (χ3n) is 4.25. The molecule has 3 nitrogen and oxygen atoms in total. The first-order chi connectivity index (χ1) is 10.9. The Labute approximate surface area is 134 Å². The largest absolute Gasteiger partial charge is 0.355 e. The van der Waals surface area contributed by atoms with Gasteiger partial charge in [0, 0.05) is 19.2 Å². The van der Waals surface area contributed by atoms with Gasteiger partial charge < -0.3 is 4.52 Å². The van der Waals surface area contributed by atoms with E-state index in [-0.39, 0.29) is 0 Å². The van der Waals surface area contributed by atoms with Crippen LogP contribution in [0, 0.1) is 0 Å². The Kier molecular flexibility index (Phi) is 3.79. The monoisotopic (exact) mass is 310 g/mol. The summed E-state index contributed by atoms with van der Waals surface area (Å²) < 4.78 is 5.46. The van der Waals surface area contributed by atoms with Crippen LogP contribution in [0.4, 0.5) is 0 Å². The molecule has 0 radical (unpaired) electrons. The number of nitrogens with zero attached hydrogens (tertiary/aromatic N) is 2. The van der Waals surface area contributed by atoms with Crippen LogP contribution in [0.3, 0.4) is 0 Å². The maximum atomic E-state index is 5.46. The van der Waals surface area contributed by atoms with Gasteiger partial charge in [0.15, 0.2) is 5.76 Å². The topological polar surface area (TPSA) is 29.3 Å². The molecule has 0 saturated carbocycles. The van der Waals surface area contributed by atoms with Crippen molar-refractivity contribution in [2.75, 3.05) is 13.1 Å². The lowest BCUT2D eigenvalue weighted by molar-refractivity contribution is 0.311. The van der Waals surface area contributed by atoms with Crippen molar-refractivity contribution in [1.82, 2.24) is 10.1 Å². The van der Waals surface area contributed by atoms with Gasteiger partial charge in [0.25, 0.3) is 0 Å². The first kappa shape index (κ1) is 13.7. The van der Waals surface area contributed by atoms with E-state index in [1.807, 2.05) is 6.07 Å². The van der Waals surface area contributed by atoms with E-state index < -0.39 is 0 Å². The molecule has 1 aliphatic rings. The molecule has 0 spiro atoms. The van der Waals surface area contributed by atoms with Crippen LogP contribution in [0.1, 0.15) is 23.6 Å². The van der Waals surface area contributed by atoms with E-state index in [0.717, 1.165) is 36.0 Å². The lowest BCUT2D eigenvalue weighted by atomic mass is 9.99. The highest BCUT2D eigenvalue weighted by atomic mass is 32.1. The van der Waals surface area contributed by atoms with Crippen LogP contribution < -0.4 is 0 Å². The van der Waals surface area contributed by atoms with Gasteiger partial charge >= 0.3 is 0 Å². The Morgan fingerprint density at radius 1 is 1.18 bits per heavy atom. The summed E-state index contributed by atoms with van der Waals surface area (Å²) >= 11 is 1.68. The van der Waals surface area contributed by atoms with Crippen molar-refractivity contribution in [2.24, 2.45) is 0 Å². The van der Waals surface area contributed by atoms with Gasteiger partial charge in [-0.05, 0) is 35.9 Å². The van der Waals surface area contributed by atoms with Crippen LogP contribution in [0.5, 0.6) is 0 Å². The second kappa shape index (κ2) is 6.07. The van der Waals surface area contributed by atoms with Crippen molar-refractivity contribution in [3.05, 3.63) is 65.2 Å². The zero-order chi connectivity index (χ0) is 14.8. The average Bonchev–Trinajstić information content (AvgIpc) is 3.30. The van der Waals surface area contributed by atoms with Gasteiger partial charge in [0.05, 0.1) is 10.6 Å². The second-order valence-corrected chi connectivity index (χ2v) is 6.74. The van der Waals surface area contributed by atoms with E-state index in [0.29, 0.717) is 5.92 Å². The van der Waals surface area contributed by atoms with Crippen molar-refractivity contribution in [3.63, 3.8) is 0 Å². The maximum Gasteiger partial charge on any atom is 0.177 e. The minimum Gasteiger partial charge on any atom is -0.355 e. The first-order valence-electron chi connectivity index (χ1n) is 7.65. The molecule has 0 unspecified atom stereocenters. The van der Waals surface area contributed by atoms with Gasteiger partial charge in [0.1, 0.15) is 0 Å². The molecule has 0 bridgehead atoms. The van der Waals surface area contributed by atoms with Crippen molar-refractivity contribution in [3.8, 4) is 10.6 Å². The predicted octanol–water partition coefficient (Wildman–Crippen LogP) is 4.39. The second-order valence-electron chi connectivity index (χ2n) is 5.79. The Hall–Kier alpha value is -1.91. The van der Waals surface area contributed by atoms with Gasteiger partial charge in [-0.1, -0.05) is 41.6 Å². The van der Waals surface area contributed by atoms with E-state index in [4.69, 9.17) is 4.52 Å². The highest BCUT2D eigenvalue weighted by Gasteiger charge is 2.24. The van der Waals surface area contributed by atoms with Crippen LogP contribution in [0.25, 0.3) is 10.6 Å². The molecule has 112 valence electrons. The Balaban J connectivity index is 1.41. The van der Waals surface area contributed by atoms with Crippen LogP contribution >= 0.6 is 11.3 Å². The smallest absolute Gasteiger partial charge is 0.177 e. The van der Waals surface area contributed by atoms with Crippen LogP contribution in [-0.2, 0) is 6.54 Å². The molecule has 4 rings (SSSR count). The summed E-state index contributed by atoms with van der Waals surface area (Å²) in [4.78, 5) is 3.61. The Morgan fingerprint density at radius 2 is 2.09 bits per heavy atom.